The summed E-state index contributed by atoms with van der Waals surface area (Å²) in [6.45, 7) is 2.84. The van der Waals surface area contributed by atoms with Gasteiger partial charge in [-0.25, -0.2) is 0 Å². The van der Waals surface area contributed by atoms with Crippen LogP contribution in [0.25, 0.3) is 5.57 Å². The SMILES string of the molecule is Cc1cccc(NC(=O)CC2CC(c3ccccc3)=CCN2)c1. The number of amides is 1. The molecule has 2 aromatic rings. The first-order valence-corrected chi connectivity index (χ1v) is 8.05. The van der Waals surface area contributed by atoms with Crippen molar-refractivity contribution >= 4 is 17.2 Å². The quantitative estimate of drug-likeness (QED) is 0.903. The van der Waals surface area contributed by atoms with Gasteiger partial charge in [0.1, 0.15) is 0 Å². The van der Waals surface area contributed by atoms with Crippen LogP contribution < -0.4 is 10.6 Å². The highest BCUT2D eigenvalue weighted by Crippen LogP contribution is 2.23. The van der Waals surface area contributed by atoms with Crippen LogP contribution in [0.3, 0.4) is 0 Å². The lowest BCUT2D eigenvalue weighted by atomic mass is 9.94. The highest BCUT2D eigenvalue weighted by Gasteiger charge is 2.19. The van der Waals surface area contributed by atoms with Gasteiger partial charge in [0.05, 0.1) is 0 Å². The number of nitrogens with one attached hydrogen (secondary N) is 2. The van der Waals surface area contributed by atoms with Crippen LogP contribution in [0.2, 0.25) is 0 Å². The fraction of sp³-hybridized carbons (Fsp3) is 0.250. The summed E-state index contributed by atoms with van der Waals surface area (Å²) in [5.41, 5.74) is 4.58. The molecule has 1 amide bonds. The minimum atomic E-state index is 0.0578. The molecule has 0 saturated carbocycles. The standard InChI is InChI=1S/C20H22N2O/c1-15-6-5-9-18(12-15)22-20(23)14-19-13-17(10-11-21-19)16-7-3-2-4-8-16/h2-10,12,19,21H,11,13-14H2,1H3,(H,22,23). The first-order chi connectivity index (χ1) is 11.2. The topological polar surface area (TPSA) is 41.1 Å². The number of benzene rings is 2. The van der Waals surface area contributed by atoms with Crippen LogP contribution in [0.4, 0.5) is 5.69 Å². The van der Waals surface area contributed by atoms with Crippen molar-refractivity contribution in [1.29, 1.82) is 0 Å². The van der Waals surface area contributed by atoms with E-state index in [2.05, 4.69) is 41.0 Å². The third-order valence-corrected chi connectivity index (χ3v) is 4.10. The molecule has 0 bridgehead atoms. The minimum Gasteiger partial charge on any atom is -0.326 e. The lowest BCUT2D eigenvalue weighted by Gasteiger charge is -2.24. The van der Waals surface area contributed by atoms with Crippen molar-refractivity contribution in [1.82, 2.24) is 5.32 Å². The Balaban J connectivity index is 1.58. The van der Waals surface area contributed by atoms with Gasteiger partial charge in [-0.05, 0) is 42.2 Å². The average Bonchev–Trinajstić information content (AvgIpc) is 2.56. The number of anilines is 1. The van der Waals surface area contributed by atoms with E-state index in [1.54, 1.807) is 0 Å². The Bertz CT molecular complexity index is 707. The van der Waals surface area contributed by atoms with Crippen LogP contribution in [0.15, 0.2) is 60.7 Å². The number of carbonyl (C=O) groups excluding carboxylic acids is 1. The smallest absolute Gasteiger partial charge is 0.225 e. The normalized spacial score (nSPS) is 17.4. The molecule has 0 aliphatic carbocycles. The minimum absolute atomic E-state index is 0.0578. The van der Waals surface area contributed by atoms with Crippen LogP contribution in [0.1, 0.15) is 24.0 Å². The Morgan fingerprint density at radius 3 is 2.78 bits per heavy atom. The van der Waals surface area contributed by atoms with Crippen LogP contribution in [-0.2, 0) is 4.79 Å². The molecule has 1 heterocycles. The number of carbonyl (C=O) groups is 1. The second-order valence-electron chi connectivity index (χ2n) is 6.03. The molecule has 1 aliphatic heterocycles. The lowest BCUT2D eigenvalue weighted by molar-refractivity contribution is -0.116. The van der Waals surface area contributed by atoms with E-state index >= 15 is 0 Å². The number of rotatable bonds is 4. The molecule has 0 fully saturated rings. The van der Waals surface area contributed by atoms with Gasteiger partial charge in [-0.2, -0.15) is 0 Å². The number of hydrogen-bond donors (Lipinski definition) is 2. The molecule has 2 aromatic carbocycles. The summed E-state index contributed by atoms with van der Waals surface area (Å²) in [5.74, 6) is 0.0578. The average molecular weight is 306 g/mol. The van der Waals surface area contributed by atoms with Gasteiger partial charge in [-0.15, -0.1) is 0 Å². The monoisotopic (exact) mass is 306 g/mol. The fourth-order valence-corrected chi connectivity index (χ4v) is 2.96. The fourth-order valence-electron chi connectivity index (χ4n) is 2.96. The van der Waals surface area contributed by atoms with E-state index in [1.165, 1.54) is 11.1 Å². The van der Waals surface area contributed by atoms with Gasteiger partial charge in [-0.1, -0.05) is 48.5 Å². The predicted molar refractivity (Wildman–Crippen MR) is 95.3 cm³/mol. The van der Waals surface area contributed by atoms with E-state index in [4.69, 9.17) is 0 Å². The second kappa shape index (κ2) is 7.25. The third-order valence-electron chi connectivity index (χ3n) is 4.10. The zero-order chi connectivity index (χ0) is 16.1. The summed E-state index contributed by atoms with van der Waals surface area (Å²) in [7, 11) is 0. The molecule has 0 saturated heterocycles. The summed E-state index contributed by atoms with van der Waals surface area (Å²) in [6.07, 6.45) is 3.58. The molecule has 2 N–H and O–H groups in total. The number of aryl methyl sites for hydroxylation is 1. The highest BCUT2D eigenvalue weighted by atomic mass is 16.1. The van der Waals surface area contributed by atoms with Crippen molar-refractivity contribution in [3.05, 3.63) is 71.8 Å². The van der Waals surface area contributed by atoms with Crippen LogP contribution in [0.5, 0.6) is 0 Å². The van der Waals surface area contributed by atoms with Crippen molar-refractivity contribution in [2.75, 3.05) is 11.9 Å². The maximum absolute atomic E-state index is 12.3. The molecule has 0 radical (unpaired) electrons. The van der Waals surface area contributed by atoms with Gasteiger partial charge in [0.2, 0.25) is 5.91 Å². The maximum Gasteiger partial charge on any atom is 0.225 e. The van der Waals surface area contributed by atoms with Gasteiger partial charge in [0.15, 0.2) is 0 Å². The van der Waals surface area contributed by atoms with E-state index in [0.29, 0.717) is 6.42 Å². The summed E-state index contributed by atoms with van der Waals surface area (Å²) in [6, 6.07) is 18.5. The molecule has 23 heavy (non-hydrogen) atoms. The van der Waals surface area contributed by atoms with Crippen molar-refractivity contribution in [3.8, 4) is 0 Å². The van der Waals surface area contributed by atoms with E-state index < -0.39 is 0 Å². The zero-order valence-electron chi connectivity index (χ0n) is 13.4. The molecular weight excluding hydrogens is 284 g/mol. The van der Waals surface area contributed by atoms with E-state index in [1.807, 2.05) is 37.3 Å². The highest BCUT2D eigenvalue weighted by molar-refractivity contribution is 5.91. The molecule has 1 atom stereocenters. The summed E-state index contributed by atoms with van der Waals surface area (Å²) >= 11 is 0. The zero-order valence-corrected chi connectivity index (χ0v) is 13.4. The largest absolute Gasteiger partial charge is 0.326 e. The molecule has 3 heteroatoms. The Kier molecular flexibility index (Phi) is 4.89. The van der Waals surface area contributed by atoms with E-state index in [9.17, 15) is 4.79 Å². The summed E-state index contributed by atoms with van der Waals surface area (Å²) in [4.78, 5) is 12.3. The van der Waals surface area contributed by atoms with Gasteiger partial charge >= 0.3 is 0 Å². The Labute approximate surface area is 137 Å². The molecule has 3 rings (SSSR count). The molecule has 1 aliphatic rings. The molecule has 1 unspecified atom stereocenters. The van der Waals surface area contributed by atoms with Gasteiger partial charge < -0.3 is 10.6 Å². The molecule has 0 spiro atoms. The first-order valence-electron chi connectivity index (χ1n) is 8.05. The van der Waals surface area contributed by atoms with Gasteiger partial charge in [0.25, 0.3) is 0 Å². The van der Waals surface area contributed by atoms with Crippen molar-refractivity contribution in [2.45, 2.75) is 25.8 Å². The third kappa shape index (κ3) is 4.30. The van der Waals surface area contributed by atoms with E-state index in [0.717, 1.165) is 24.2 Å². The van der Waals surface area contributed by atoms with Crippen molar-refractivity contribution in [3.63, 3.8) is 0 Å². The molecule has 3 nitrogen and oxygen atoms in total. The van der Waals surface area contributed by atoms with E-state index in [-0.39, 0.29) is 11.9 Å². The Morgan fingerprint density at radius 1 is 1.17 bits per heavy atom. The lowest BCUT2D eigenvalue weighted by Crippen LogP contribution is -2.36. The predicted octanol–water partition coefficient (Wildman–Crippen LogP) is 3.77. The summed E-state index contributed by atoms with van der Waals surface area (Å²) < 4.78 is 0. The molecular formula is C20H22N2O. The van der Waals surface area contributed by atoms with Crippen molar-refractivity contribution < 1.29 is 4.79 Å². The van der Waals surface area contributed by atoms with Crippen LogP contribution >= 0.6 is 0 Å². The second-order valence-corrected chi connectivity index (χ2v) is 6.03. The van der Waals surface area contributed by atoms with Crippen LogP contribution in [-0.4, -0.2) is 18.5 Å². The van der Waals surface area contributed by atoms with Crippen LogP contribution in [0, 0.1) is 6.92 Å². The van der Waals surface area contributed by atoms with Gasteiger partial charge in [0, 0.05) is 24.7 Å². The molecule has 0 aromatic heterocycles. The number of hydrogen-bond acceptors (Lipinski definition) is 2. The van der Waals surface area contributed by atoms with Gasteiger partial charge in [-0.3, -0.25) is 4.79 Å². The molecule has 118 valence electrons. The Hall–Kier alpha value is -2.39. The Morgan fingerprint density at radius 2 is 2.00 bits per heavy atom. The maximum atomic E-state index is 12.3. The first kappa shape index (κ1) is 15.5. The van der Waals surface area contributed by atoms with Crippen molar-refractivity contribution in [2.24, 2.45) is 0 Å². The summed E-state index contributed by atoms with van der Waals surface area (Å²) in [5, 5.41) is 6.40.